The summed E-state index contributed by atoms with van der Waals surface area (Å²) < 4.78 is 5.07. The Kier molecular flexibility index (Phi) is 4.58. The van der Waals surface area contributed by atoms with E-state index in [4.69, 9.17) is 10.3 Å². The fourth-order valence-corrected chi connectivity index (χ4v) is 2.84. The van der Waals surface area contributed by atoms with E-state index in [0.717, 1.165) is 18.5 Å². The largest absolute Gasteiger partial charge is 0.359 e. The Morgan fingerprint density at radius 2 is 2.21 bits per heavy atom. The molecule has 1 aliphatic carbocycles. The number of carbonyl (C=O) groups excluding carboxylic acids is 1. The number of rotatable bonds is 5. The van der Waals surface area contributed by atoms with Gasteiger partial charge < -0.3 is 15.6 Å². The van der Waals surface area contributed by atoms with Gasteiger partial charge >= 0.3 is 0 Å². The smallest absolute Gasteiger partial charge is 0.220 e. The van der Waals surface area contributed by atoms with Gasteiger partial charge in [-0.1, -0.05) is 24.4 Å². The lowest BCUT2D eigenvalue weighted by atomic mass is 9.71. The SMILES string of the molecule is Cc1cc(CNC(=O)CC2(CN)CCCCC2)on1. The van der Waals surface area contributed by atoms with E-state index in [1.807, 2.05) is 13.0 Å². The summed E-state index contributed by atoms with van der Waals surface area (Å²) in [7, 11) is 0. The van der Waals surface area contributed by atoms with Crippen LogP contribution in [0.1, 0.15) is 50.0 Å². The highest BCUT2D eigenvalue weighted by molar-refractivity contribution is 5.76. The highest BCUT2D eigenvalue weighted by atomic mass is 16.5. The molecular formula is C14H23N3O2. The summed E-state index contributed by atoms with van der Waals surface area (Å²) in [5.74, 6) is 0.748. The van der Waals surface area contributed by atoms with Gasteiger partial charge in [-0.05, 0) is 31.7 Å². The molecule has 0 aromatic carbocycles. The summed E-state index contributed by atoms with van der Waals surface area (Å²) in [6.45, 7) is 2.86. The molecule has 1 saturated carbocycles. The molecule has 1 heterocycles. The van der Waals surface area contributed by atoms with Crippen LogP contribution >= 0.6 is 0 Å². The molecule has 5 heteroatoms. The van der Waals surface area contributed by atoms with Crippen LogP contribution in [0.2, 0.25) is 0 Å². The van der Waals surface area contributed by atoms with Crippen molar-refractivity contribution in [3.63, 3.8) is 0 Å². The van der Waals surface area contributed by atoms with Gasteiger partial charge in [-0.15, -0.1) is 0 Å². The lowest BCUT2D eigenvalue weighted by Gasteiger charge is -2.35. The zero-order valence-corrected chi connectivity index (χ0v) is 11.6. The minimum absolute atomic E-state index is 0.0136. The van der Waals surface area contributed by atoms with E-state index in [2.05, 4.69) is 10.5 Å². The average Bonchev–Trinajstić information content (AvgIpc) is 2.83. The van der Waals surface area contributed by atoms with Gasteiger partial charge in [0.15, 0.2) is 5.76 Å². The molecule has 0 saturated heterocycles. The van der Waals surface area contributed by atoms with Crippen LogP contribution in [0.3, 0.4) is 0 Å². The molecule has 106 valence electrons. The van der Waals surface area contributed by atoms with E-state index < -0.39 is 0 Å². The van der Waals surface area contributed by atoms with E-state index in [-0.39, 0.29) is 11.3 Å². The summed E-state index contributed by atoms with van der Waals surface area (Å²) in [5, 5.41) is 6.68. The topological polar surface area (TPSA) is 81.2 Å². The minimum Gasteiger partial charge on any atom is -0.359 e. The molecule has 2 rings (SSSR count). The Labute approximate surface area is 113 Å². The molecule has 1 amide bonds. The standard InChI is InChI=1S/C14H23N3O2/c1-11-7-12(19-17-11)9-16-13(18)8-14(10-15)5-3-2-4-6-14/h7H,2-6,8-10,15H2,1H3,(H,16,18). The first kappa shape index (κ1) is 14.1. The molecule has 3 N–H and O–H groups in total. The van der Waals surface area contributed by atoms with E-state index in [1.54, 1.807) is 0 Å². The van der Waals surface area contributed by atoms with Crippen LogP contribution < -0.4 is 11.1 Å². The van der Waals surface area contributed by atoms with Crippen LogP contribution in [-0.2, 0) is 11.3 Å². The van der Waals surface area contributed by atoms with Crippen molar-refractivity contribution in [1.29, 1.82) is 0 Å². The van der Waals surface area contributed by atoms with Crippen molar-refractivity contribution in [3.05, 3.63) is 17.5 Å². The lowest BCUT2D eigenvalue weighted by molar-refractivity contribution is -0.124. The molecule has 1 aromatic heterocycles. The van der Waals surface area contributed by atoms with Crippen LogP contribution in [0.25, 0.3) is 0 Å². The van der Waals surface area contributed by atoms with E-state index in [0.29, 0.717) is 25.3 Å². The molecule has 1 aromatic rings. The van der Waals surface area contributed by atoms with Gasteiger partial charge in [0.1, 0.15) is 0 Å². The highest BCUT2D eigenvalue weighted by Crippen LogP contribution is 2.38. The van der Waals surface area contributed by atoms with Gasteiger partial charge in [-0.3, -0.25) is 4.79 Å². The molecule has 0 spiro atoms. The molecule has 0 radical (unpaired) electrons. The van der Waals surface area contributed by atoms with Crippen LogP contribution in [0.15, 0.2) is 10.6 Å². The number of nitrogens with one attached hydrogen (secondary N) is 1. The zero-order valence-electron chi connectivity index (χ0n) is 11.6. The van der Waals surface area contributed by atoms with Gasteiger partial charge in [-0.25, -0.2) is 0 Å². The van der Waals surface area contributed by atoms with E-state index in [1.165, 1.54) is 19.3 Å². The molecule has 0 bridgehead atoms. The molecule has 1 fully saturated rings. The number of nitrogens with two attached hydrogens (primary N) is 1. The number of hydrogen-bond acceptors (Lipinski definition) is 4. The first-order valence-corrected chi connectivity index (χ1v) is 7.02. The van der Waals surface area contributed by atoms with Crippen molar-refractivity contribution in [3.8, 4) is 0 Å². The number of carbonyl (C=O) groups is 1. The number of aromatic nitrogens is 1. The number of amides is 1. The summed E-state index contributed by atoms with van der Waals surface area (Å²) in [6.07, 6.45) is 6.30. The molecule has 0 unspecified atom stereocenters. The third kappa shape index (κ3) is 3.80. The van der Waals surface area contributed by atoms with Gasteiger partial charge in [0.2, 0.25) is 5.91 Å². The van der Waals surface area contributed by atoms with Crippen molar-refractivity contribution in [2.75, 3.05) is 6.54 Å². The van der Waals surface area contributed by atoms with Crippen molar-refractivity contribution < 1.29 is 9.32 Å². The maximum Gasteiger partial charge on any atom is 0.220 e. The van der Waals surface area contributed by atoms with Crippen LogP contribution in [0.4, 0.5) is 0 Å². The second-order valence-electron chi connectivity index (χ2n) is 5.65. The number of aryl methyl sites for hydroxylation is 1. The maximum atomic E-state index is 12.0. The lowest BCUT2D eigenvalue weighted by Crippen LogP contribution is -2.38. The normalized spacial score (nSPS) is 18.2. The van der Waals surface area contributed by atoms with E-state index >= 15 is 0 Å². The quantitative estimate of drug-likeness (QED) is 0.852. The van der Waals surface area contributed by atoms with E-state index in [9.17, 15) is 4.79 Å². The van der Waals surface area contributed by atoms with Gasteiger partial charge in [0.25, 0.3) is 0 Å². The number of nitrogens with zero attached hydrogens (tertiary/aromatic N) is 1. The highest BCUT2D eigenvalue weighted by Gasteiger charge is 2.32. The predicted molar refractivity (Wildman–Crippen MR) is 72.3 cm³/mol. The minimum atomic E-state index is 0.0136. The summed E-state index contributed by atoms with van der Waals surface area (Å²) in [5.41, 5.74) is 6.73. The fraction of sp³-hybridized carbons (Fsp3) is 0.714. The van der Waals surface area contributed by atoms with Gasteiger partial charge in [0.05, 0.1) is 12.2 Å². The Bertz CT molecular complexity index is 422. The van der Waals surface area contributed by atoms with Gasteiger partial charge in [0, 0.05) is 12.5 Å². The molecule has 0 atom stereocenters. The molecule has 1 aliphatic rings. The van der Waals surface area contributed by atoms with Crippen molar-refractivity contribution in [1.82, 2.24) is 10.5 Å². The molecular weight excluding hydrogens is 242 g/mol. The van der Waals surface area contributed by atoms with Crippen molar-refractivity contribution in [2.45, 2.75) is 52.0 Å². The summed E-state index contributed by atoms with van der Waals surface area (Å²) >= 11 is 0. The maximum absolute atomic E-state index is 12.0. The fourth-order valence-electron chi connectivity index (χ4n) is 2.84. The first-order chi connectivity index (χ1) is 9.13. The summed E-state index contributed by atoms with van der Waals surface area (Å²) in [4.78, 5) is 12.0. The third-order valence-corrected chi connectivity index (χ3v) is 4.02. The van der Waals surface area contributed by atoms with Gasteiger partial charge in [-0.2, -0.15) is 0 Å². The molecule has 5 nitrogen and oxygen atoms in total. The Morgan fingerprint density at radius 1 is 1.47 bits per heavy atom. The van der Waals surface area contributed by atoms with Crippen molar-refractivity contribution in [2.24, 2.45) is 11.1 Å². The Morgan fingerprint density at radius 3 is 2.79 bits per heavy atom. The second kappa shape index (κ2) is 6.19. The Balaban J connectivity index is 1.82. The first-order valence-electron chi connectivity index (χ1n) is 7.02. The van der Waals surface area contributed by atoms with Crippen LogP contribution in [0, 0.1) is 12.3 Å². The zero-order chi connectivity index (χ0) is 13.7. The monoisotopic (exact) mass is 265 g/mol. The summed E-state index contributed by atoms with van der Waals surface area (Å²) in [6, 6.07) is 1.83. The average molecular weight is 265 g/mol. The van der Waals surface area contributed by atoms with Crippen molar-refractivity contribution >= 4 is 5.91 Å². The molecule has 0 aliphatic heterocycles. The third-order valence-electron chi connectivity index (χ3n) is 4.02. The van der Waals surface area contributed by atoms with Crippen LogP contribution in [0.5, 0.6) is 0 Å². The second-order valence-corrected chi connectivity index (χ2v) is 5.65. The number of hydrogen-bond donors (Lipinski definition) is 2. The van der Waals surface area contributed by atoms with Crippen LogP contribution in [-0.4, -0.2) is 17.6 Å². The predicted octanol–water partition coefficient (Wildman–Crippen LogP) is 1.90. The molecule has 19 heavy (non-hydrogen) atoms. The Hall–Kier alpha value is -1.36.